The Labute approximate surface area is 191 Å². The van der Waals surface area contributed by atoms with Gasteiger partial charge in [-0.1, -0.05) is 30.3 Å². The number of nitrogens with zero attached hydrogens (tertiary/aromatic N) is 2. The van der Waals surface area contributed by atoms with E-state index in [-0.39, 0.29) is 11.6 Å². The first-order valence-electron chi connectivity index (χ1n) is 10.8. The van der Waals surface area contributed by atoms with E-state index in [2.05, 4.69) is 20.6 Å². The van der Waals surface area contributed by atoms with Crippen molar-refractivity contribution in [1.82, 2.24) is 25.2 Å². The van der Waals surface area contributed by atoms with Gasteiger partial charge in [0.15, 0.2) is 5.96 Å². The second-order valence-electron chi connectivity index (χ2n) is 7.63. The zero-order valence-electron chi connectivity index (χ0n) is 18.2. The van der Waals surface area contributed by atoms with Gasteiger partial charge in [0.25, 0.3) is 0 Å². The van der Waals surface area contributed by atoms with Gasteiger partial charge >= 0.3 is 5.69 Å². The van der Waals surface area contributed by atoms with Crippen molar-refractivity contribution in [2.24, 2.45) is 5.73 Å². The van der Waals surface area contributed by atoms with Crippen LogP contribution in [0.25, 0.3) is 16.7 Å². The van der Waals surface area contributed by atoms with Crippen LogP contribution in [-0.2, 0) is 13.2 Å². The van der Waals surface area contributed by atoms with Crippen LogP contribution in [0.4, 0.5) is 0 Å². The number of hydrogen-bond acceptors (Lipinski definition) is 5. The molecule has 0 spiro atoms. The summed E-state index contributed by atoms with van der Waals surface area (Å²) in [5.74, 6) is 0.774. The smallest absolute Gasteiger partial charge is 0.354 e. The number of H-pyrrole nitrogens is 1. The number of rotatable bonds is 10. The van der Waals surface area contributed by atoms with Gasteiger partial charge in [-0.05, 0) is 48.9 Å². The number of fused-ring (bicyclic) bond motifs is 1. The maximum Gasteiger partial charge on any atom is 0.354 e. The molecular formula is C24H27N7O2. The quantitative estimate of drug-likeness (QED) is 0.144. The molecule has 0 atom stereocenters. The van der Waals surface area contributed by atoms with E-state index in [4.69, 9.17) is 15.9 Å². The third kappa shape index (κ3) is 5.98. The summed E-state index contributed by atoms with van der Waals surface area (Å²) in [6.07, 6.45) is 2.66. The Bertz CT molecular complexity index is 1260. The van der Waals surface area contributed by atoms with E-state index in [0.717, 1.165) is 47.6 Å². The summed E-state index contributed by atoms with van der Waals surface area (Å²) in [6.45, 7) is 2.56. The number of hydrogen-bond donors (Lipinski definition) is 5. The fraction of sp³-hybridized carbons (Fsp3) is 0.208. The second-order valence-corrected chi connectivity index (χ2v) is 7.63. The molecule has 4 rings (SSSR count). The molecule has 0 saturated carbocycles. The topological polar surface area (TPSA) is 134 Å². The van der Waals surface area contributed by atoms with E-state index in [1.54, 1.807) is 10.8 Å². The third-order valence-corrected chi connectivity index (χ3v) is 5.09. The summed E-state index contributed by atoms with van der Waals surface area (Å²) in [5, 5.41) is 14.1. The average molecular weight is 446 g/mol. The first-order chi connectivity index (χ1) is 16.1. The largest absolute Gasteiger partial charge is 0.487 e. The van der Waals surface area contributed by atoms with Gasteiger partial charge in [-0.2, -0.15) is 4.98 Å². The number of aromatic nitrogens is 3. The predicted octanol–water partition coefficient (Wildman–Crippen LogP) is 2.26. The number of aromatic amines is 1. The zero-order valence-corrected chi connectivity index (χ0v) is 18.2. The van der Waals surface area contributed by atoms with E-state index < -0.39 is 0 Å². The molecule has 0 aliphatic carbocycles. The lowest BCUT2D eigenvalue weighted by Crippen LogP contribution is -2.32. The molecule has 4 aromatic rings. The Morgan fingerprint density at radius 3 is 2.67 bits per heavy atom. The molecule has 0 fully saturated rings. The van der Waals surface area contributed by atoms with Gasteiger partial charge in [-0.3, -0.25) is 9.98 Å². The van der Waals surface area contributed by atoms with E-state index >= 15 is 0 Å². The predicted molar refractivity (Wildman–Crippen MR) is 129 cm³/mol. The van der Waals surface area contributed by atoms with E-state index in [0.29, 0.717) is 18.8 Å². The van der Waals surface area contributed by atoms with Gasteiger partial charge in [-0.25, -0.2) is 4.79 Å². The fourth-order valence-electron chi connectivity index (χ4n) is 3.44. The van der Waals surface area contributed by atoms with Crippen LogP contribution < -0.4 is 26.8 Å². The molecule has 2 heterocycles. The van der Waals surface area contributed by atoms with Crippen LogP contribution in [0, 0.1) is 5.41 Å². The van der Waals surface area contributed by atoms with E-state index in [9.17, 15) is 4.79 Å². The highest BCUT2D eigenvalue weighted by molar-refractivity contribution is 5.75. The van der Waals surface area contributed by atoms with Crippen molar-refractivity contribution < 1.29 is 4.74 Å². The number of benzene rings is 2. The third-order valence-electron chi connectivity index (χ3n) is 5.09. The molecule has 170 valence electrons. The van der Waals surface area contributed by atoms with Crippen molar-refractivity contribution in [3.63, 3.8) is 0 Å². The summed E-state index contributed by atoms with van der Waals surface area (Å²) in [5.41, 5.74) is 8.17. The molecular weight excluding hydrogens is 418 g/mol. The van der Waals surface area contributed by atoms with Crippen LogP contribution in [0.1, 0.15) is 17.7 Å². The molecule has 2 aromatic carbocycles. The first-order valence-corrected chi connectivity index (χ1v) is 10.8. The number of nitrogens with two attached hydrogens (primary N) is 1. The normalized spacial score (nSPS) is 10.9. The lowest BCUT2D eigenvalue weighted by atomic mass is 10.2. The molecule has 0 amide bonds. The molecule has 33 heavy (non-hydrogen) atoms. The van der Waals surface area contributed by atoms with E-state index in [1.807, 2.05) is 60.7 Å². The number of ether oxygens (including phenoxy) is 1. The molecule has 0 bridgehead atoms. The molecule has 2 aromatic heterocycles. The summed E-state index contributed by atoms with van der Waals surface area (Å²) >= 11 is 0. The minimum Gasteiger partial charge on any atom is -0.487 e. The Hall–Kier alpha value is -4.11. The standard InChI is InChI=1S/C24H27N7O2/c25-23(26)28-12-4-11-27-14-17-7-9-20(10-8-17)31-15-18-13-19(29-22(18)30-24(31)32)16-33-21-5-2-1-3-6-21/h1-3,5-10,13,15,27H,4,11-12,14,16H2,(H4,25,26,28)(H,29,30,32). The van der Waals surface area contributed by atoms with Crippen LogP contribution in [-0.4, -0.2) is 33.6 Å². The van der Waals surface area contributed by atoms with Gasteiger partial charge in [0.1, 0.15) is 18.0 Å². The molecule has 9 heteroatoms. The van der Waals surface area contributed by atoms with Gasteiger partial charge in [0.2, 0.25) is 0 Å². The summed E-state index contributed by atoms with van der Waals surface area (Å²) in [6, 6.07) is 19.3. The summed E-state index contributed by atoms with van der Waals surface area (Å²) < 4.78 is 7.32. The monoisotopic (exact) mass is 445 g/mol. The number of nitrogens with one attached hydrogen (secondary N) is 4. The van der Waals surface area contributed by atoms with Gasteiger partial charge in [0, 0.05) is 24.7 Å². The van der Waals surface area contributed by atoms with Crippen molar-refractivity contribution >= 4 is 17.0 Å². The highest BCUT2D eigenvalue weighted by Gasteiger charge is 2.08. The molecule has 6 N–H and O–H groups in total. The van der Waals surface area contributed by atoms with E-state index in [1.165, 1.54) is 0 Å². The van der Waals surface area contributed by atoms with Gasteiger partial charge < -0.3 is 26.1 Å². The Morgan fingerprint density at radius 2 is 1.91 bits per heavy atom. The van der Waals surface area contributed by atoms with Crippen molar-refractivity contribution in [2.75, 3.05) is 13.1 Å². The van der Waals surface area contributed by atoms with Crippen LogP contribution in [0.15, 0.2) is 71.7 Å². The summed E-state index contributed by atoms with van der Waals surface area (Å²) in [4.78, 5) is 19.9. The van der Waals surface area contributed by atoms with Crippen molar-refractivity contribution in [3.8, 4) is 11.4 Å². The van der Waals surface area contributed by atoms with Crippen molar-refractivity contribution in [1.29, 1.82) is 5.41 Å². The average Bonchev–Trinajstić information content (AvgIpc) is 3.22. The number of para-hydroxylation sites is 1. The minimum atomic E-state index is -0.344. The first kappa shape index (κ1) is 22.1. The van der Waals surface area contributed by atoms with Crippen LogP contribution in [0.5, 0.6) is 5.75 Å². The van der Waals surface area contributed by atoms with Crippen LogP contribution >= 0.6 is 0 Å². The SMILES string of the molecule is N=C(N)NCCCNCc1ccc(-n2cc3cc(COc4ccccc4)[nH]c3nc2=O)cc1. The number of guanidine groups is 1. The molecule has 9 nitrogen and oxygen atoms in total. The van der Waals surface area contributed by atoms with Crippen LogP contribution in [0.3, 0.4) is 0 Å². The Balaban J connectivity index is 1.38. The Kier molecular flexibility index (Phi) is 7.01. The minimum absolute atomic E-state index is 0.00936. The molecule has 0 radical (unpaired) electrons. The summed E-state index contributed by atoms with van der Waals surface area (Å²) in [7, 11) is 0. The van der Waals surface area contributed by atoms with Crippen LogP contribution in [0.2, 0.25) is 0 Å². The maximum absolute atomic E-state index is 12.6. The van der Waals surface area contributed by atoms with Crippen molar-refractivity contribution in [2.45, 2.75) is 19.6 Å². The lowest BCUT2D eigenvalue weighted by molar-refractivity contribution is 0.302. The second kappa shape index (κ2) is 10.5. The van der Waals surface area contributed by atoms with Gasteiger partial charge in [0.05, 0.1) is 11.4 Å². The highest BCUT2D eigenvalue weighted by Crippen LogP contribution is 2.16. The van der Waals surface area contributed by atoms with Gasteiger partial charge in [-0.15, -0.1) is 0 Å². The Morgan fingerprint density at radius 1 is 1.12 bits per heavy atom. The lowest BCUT2D eigenvalue weighted by Gasteiger charge is -2.08. The molecule has 0 saturated heterocycles. The maximum atomic E-state index is 12.6. The van der Waals surface area contributed by atoms with Crippen molar-refractivity contribution in [3.05, 3.63) is 88.6 Å². The highest BCUT2D eigenvalue weighted by atomic mass is 16.5. The molecule has 0 unspecified atom stereocenters. The zero-order chi connectivity index (χ0) is 23.0. The molecule has 0 aliphatic rings. The molecule has 0 aliphatic heterocycles. The fourth-order valence-corrected chi connectivity index (χ4v) is 3.44.